The highest BCUT2D eigenvalue weighted by Gasteiger charge is 2.24. The predicted molar refractivity (Wildman–Crippen MR) is 97.8 cm³/mol. The number of halogens is 1. The number of rotatable bonds is 7. The molecule has 2 rings (SSSR count). The number of nitrogens with zero attached hydrogens (tertiary/aromatic N) is 1. The summed E-state index contributed by atoms with van der Waals surface area (Å²) in [5.41, 5.74) is 1.70. The first kappa shape index (κ1) is 19.3. The van der Waals surface area contributed by atoms with Crippen molar-refractivity contribution in [2.24, 2.45) is 0 Å². The number of amides is 1. The van der Waals surface area contributed by atoms with Crippen molar-refractivity contribution >= 4 is 25.8 Å². The highest BCUT2D eigenvalue weighted by molar-refractivity contribution is 8.13. The topological polar surface area (TPSA) is 63.7 Å². The molecule has 0 saturated heterocycles. The monoisotopic (exact) mass is 381 g/mol. The Morgan fingerprint density at radius 3 is 2.20 bits per heavy atom. The minimum Gasteiger partial charge on any atom is -0.445 e. The quantitative estimate of drug-likeness (QED) is 0.681. The van der Waals surface area contributed by atoms with E-state index in [1.54, 1.807) is 7.05 Å². The van der Waals surface area contributed by atoms with Crippen LogP contribution >= 0.6 is 10.7 Å². The van der Waals surface area contributed by atoms with E-state index in [-0.39, 0.29) is 18.8 Å². The third-order valence-corrected chi connectivity index (χ3v) is 4.97. The summed E-state index contributed by atoms with van der Waals surface area (Å²) in [6, 6.07) is 18.1. The van der Waals surface area contributed by atoms with Gasteiger partial charge in [-0.05, 0) is 17.5 Å². The van der Waals surface area contributed by atoms with E-state index in [9.17, 15) is 13.2 Å². The molecule has 2 aromatic rings. The Bertz CT molecular complexity index is 781. The van der Waals surface area contributed by atoms with Gasteiger partial charge in [-0.3, -0.25) is 0 Å². The molecule has 0 spiro atoms. The third-order valence-electron chi connectivity index (χ3n) is 3.78. The van der Waals surface area contributed by atoms with Crippen LogP contribution in [-0.2, 0) is 20.4 Å². The molecule has 0 aliphatic carbocycles. The van der Waals surface area contributed by atoms with Gasteiger partial charge in [0, 0.05) is 17.7 Å². The number of hydrogen-bond donors (Lipinski definition) is 0. The highest BCUT2D eigenvalue weighted by atomic mass is 35.7. The molecule has 0 radical (unpaired) electrons. The van der Waals surface area contributed by atoms with Crippen LogP contribution in [0.2, 0.25) is 0 Å². The summed E-state index contributed by atoms with van der Waals surface area (Å²) in [4.78, 5) is 13.8. The zero-order chi connectivity index (χ0) is 18.3. The molecule has 0 aliphatic heterocycles. The molecule has 1 unspecified atom stereocenters. The van der Waals surface area contributed by atoms with Crippen LogP contribution < -0.4 is 0 Å². The van der Waals surface area contributed by atoms with Crippen molar-refractivity contribution in [3.05, 3.63) is 71.8 Å². The zero-order valence-electron chi connectivity index (χ0n) is 13.8. The fourth-order valence-electron chi connectivity index (χ4n) is 2.46. The molecule has 0 saturated carbocycles. The van der Waals surface area contributed by atoms with Crippen LogP contribution in [0.15, 0.2) is 60.7 Å². The first-order valence-electron chi connectivity index (χ1n) is 7.77. The van der Waals surface area contributed by atoms with E-state index in [0.717, 1.165) is 11.1 Å². The molecular weight excluding hydrogens is 362 g/mol. The molecule has 0 aliphatic rings. The van der Waals surface area contributed by atoms with Crippen LogP contribution in [0.25, 0.3) is 0 Å². The Labute approximate surface area is 152 Å². The Hall–Kier alpha value is -2.05. The molecule has 134 valence electrons. The molecule has 2 aromatic carbocycles. The van der Waals surface area contributed by atoms with Crippen molar-refractivity contribution in [2.45, 2.75) is 19.1 Å². The molecule has 0 aromatic heterocycles. The van der Waals surface area contributed by atoms with E-state index in [2.05, 4.69) is 0 Å². The Morgan fingerprint density at radius 2 is 1.64 bits per heavy atom. The summed E-state index contributed by atoms with van der Waals surface area (Å²) in [5.74, 6) is -0.232. The molecule has 0 bridgehead atoms. The van der Waals surface area contributed by atoms with Crippen molar-refractivity contribution in [3.8, 4) is 0 Å². The van der Waals surface area contributed by atoms with Crippen LogP contribution in [-0.4, -0.2) is 32.2 Å². The first-order chi connectivity index (χ1) is 11.9. The number of hydrogen-bond acceptors (Lipinski definition) is 4. The lowest BCUT2D eigenvalue weighted by Gasteiger charge is -2.27. The summed E-state index contributed by atoms with van der Waals surface area (Å²) in [6.07, 6.45) is -0.336. The second kappa shape index (κ2) is 8.87. The summed E-state index contributed by atoms with van der Waals surface area (Å²) in [7, 11) is 3.27. The minimum absolute atomic E-state index is 0.152. The second-order valence-electron chi connectivity index (χ2n) is 5.61. The average molecular weight is 382 g/mol. The lowest BCUT2D eigenvalue weighted by atomic mass is 10.0. The van der Waals surface area contributed by atoms with Gasteiger partial charge in [0.1, 0.15) is 6.61 Å². The standard InChI is InChI=1S/C18H20ClNO4S/c1-20(18(21)24-14-15-8-4-2-5-9-15)17(12-13-25(19,22)23)16-10-6-3-7-11-16/h2-11,17H,12-14H2,1H3. The zero-order valence-corrected chi connectivity index (χ0v) is 15.4. The van der Waals surface area contributed by atoms with E-state index < -0.39 is 21.2 Å². The SMILES string of the molecule is CN(C(=O)OCc1ccccc1)C(CCS(=O)(=O)Cl)c1ccccc1. The maximum atomic E-state index is 12.4. The van der Waals surface area contributed by atoms with Gasteiger partial charge in [0.25, 0.3) is 0 Å². The van der Waals surface area contributed by atoms with Gasteiger partial charge in [0.15, 0.2) is 0 Å². The molecule has 0 fully saturated rings. The van der Waals surface area contributed by atoms with Crippen LogP contribution in [0.4, 0.5) is 4.79 Å². The summed E-state index contributed by atoms with van der Waals surface area (Å²) < 4.78 is 27.9. The van der Waals surface area contributed by atoms with E-state index >= 15 is 0 Å². The molecule has 25 heavy (non-hydrogen) atoms. The minimum atomic E-state index is -3.65. The third kappa shape index (κ3) is 6.40. The van der Waals surface area contributed by atoms with E-state index in [0.29, 0.717) is 0 Å². The fourth-order valence-corrected chi connectivity index (χ4v) is 3.23. The smallest absolute Gasteiger partial charge is 0.410 e. The average Bonchev–Trinajstić information content (AvgIpc) is 2.60. The number of carbonyl (C=O) groups is 1. The lowest BCUT2D eigenvalue weighted by Crippen LogP contribution is -2.32. The second-order valence-corrected chi connectivity index (χ2v) is 8.51. The Balaban J connectivity index is 2.08. The van der Waals surface area contributed by atoms with E-state index in [4.69, 9.17) is 15.4 Å². The van der Waals surface area contributed by atoms with Crippen LogP contribution in [0.5, 0.6) is 0 Å². The normalized spacial score (nSPS) is 12.4. The van der Waals surface area contributed by atoms with Gasteiger partial charge < -0.3 is 9.64 Å². The van der Waals surface area contributed by atoms with Crippen LogP contribution in [0.3, 0.4) is 0 Å². The largest absolute Gasteiger partial charge is 0.445 e. The van der Waals surface area contributed by atoms with Crippen molar-refractivity contribution in [3.63, 3.8) is 0 Å². The summed E-state index contributed by atoms with van der Waals surface area (Å²) in [5, 5.41) is 0. The maximum absolute atomic E-state index is 12.4. The molecule has 0 N–H and O–H groups in total. The van der Waals surface area contributed by atoms with Crippen LogP contribution in [0, 0.1) is 0 Å². The Morgan fingerprint density at radius 1 is 1.08 bits per heavy atom. The van der Waals surface area contributed by atoms with Gasteiger partial charge in [0.2, 0.25) is 9.05 Å². The maximum Gasteiger partial charge on any atom is 0.410 e. The molecule has 1 atom stereocenters. The summed E-state index contributed by atoms with van der Waals surface area (Å²) >= 11 is 0. The van der Waals surface area contributed by atoms with Gasteiger partial charge in [-0.1, -0.05) is 60.7 Å². The van der Waals surface area contributed by atoms with E-state index in [1.165, 1.54) is 4.90 Å². The number of ether oxygens (including phenoxy) is 1. The van der Waals surface area contributed by atoms with Crippen molar-refractivity contribution in [2.75, 3.05) is 12.8 Å². The molecule has 7 heteroatoms. The molecular formula is C18H20ClNO4S. The fraction of sp³-hybridized carbons (Fsp3) is 0.278. The van der Waals surface area contributed by atoms with Gasteiger partial charge >= 0.3 is 6.09 Å². The van der Waals surface area contributed by atoms with Crippen molar-refractivity contribution < 1.29 is 17.9 Å². The van der Waals surface area contributed by atoms with Gasteiger partial charge in [-0.15, -0.1) is 0 Å². The first-order valence-corrected chi connectivity index (χ1v) is 10.3. The lowest BCUT2D eigenvalue weighted by molar-refractivity contribution is 0.0901. The van der Waals surface area contributed by atoms with Gasteiger partial charge in [-0.25, -0.2) is 13.2 Å². The van der Waals surface area contributed by atoms with Crippen LogP contribution in [0.1, 0.15) is 23.6 Å². The summed E-state index contributed by atoms with van der Waals surface area (Å²) in [6.45, 7) is 0.152. The van der Waals surface area contributed by atoms with Gasteiger partial charge in [-0.2, -0.15) is 0 Å². The van der Waals surface area contributed by atoms with Gasteiger partial charge in [0.05, 0.1) is 11.8 Å². The van der Waals surface area contributed by atoms with Crippen molar-refractivity contribution in [1.29, 1.82) is 0 Å². The van der Waals surface area contributed by atoms with Crippen molar-refractivity contribution in [1.82, 2.24) is 4.90 Å². The molecule has 5 nitrogen and oxygen atoms in total. The highest BCUT2D eigenvalue weighted by Crippen LogP contribution is 2.25. The molecule has 0 heterocycles. The predicted octanol–water partition coefficient (Wildman–Crippen LogP) is 3.96. The Kier molecular flexibility index (Phi) is 6.84. The number of benzene rings is 2. The van der Waals surface area contributed by atoms with E-state index in [1.807, 2.05) is 60.7 Å². The molecule has 1 amide bonds. The number of carbonyl (C=O) groups excluding carboxylic acids is 1.